The molecule has 4 aromatic heterocycles. The highest BCUT2D eigenvalue weighted by Crippen LogP contribution is 2.33. The van der Waals surface area contributed by atoms with Gasteiger partial charge in [0.2, 0.25) is 0 Å². The standard InChI is InChI=1S/C18H14BrN5/c1-11-8-13(19)18-23-16(14-5-3-4-12(2)22-14)17(24(18)9-11)15-6-7-20-10-21-15/h3-10H,1-2H3. The van der Waals surface area contributed by atoms with Gasteiger partial charge in [-0.15, -0.1) is 0 Å². The molecule has 118 valence electrons. The van der Waals surface area contributed by atoms with Crippen LogP contribution in [0.15, 0.2) is 53.5 Å². The van der Waals surface area contributed by atoms with Gasteiger partial charge in [-0.25, -0.2) is 15.0 Å². The minimum atomic E-state index is 0.809. The van der Waals surface area contributed by atoms with Crippen molar-refractivity contribution in [3.05, 3.63) is 64.8 Å². The third-order valence-corrected chi connectivity index (χ3v) is 4.35. The Hall–Kier alpha value is -2.60. The van der Waals surface area contributed by atoms with Crippen molar-refractivity contribution in [2.24, 2.45) is 0 Å². The Bertz CT molecular complexity index is 1040. The van der Waals surface area contributed by atoms with Crippen LogP contribution < -0.4 is 0 Å². The molecule has 0 atom stereocenters. The molecule has 0 aliphatic rings. The van der Waals surface area contributed by atoms with E-state index in [1.54, 1.807) is 12.5 Å². The number of imidazole rings is 1. The van der Waals surface area contributed by atoms with Crippen LogP contribution in [0.4, 0.5) is 0 Å². The van der Waals surface area contributed by atoms with Gasteiger partial charge < -0.3 is 0 Å². The van der Waals surface area contributed by atoms with E-state index in [0.717, 1.165) is 44.2 Å². The van der Waals surface area contributed by atoms with Crippen LogP contribution in [0.2, 0.25) is 0 Å². The predicted molar refractivity (Wildman–Crippen MR) is 96.6 cm³/mol. The predicted octanol–water partition coefficient (Wildman–Crippen LogP) is 4.23. The monoisotopic (exact) mass is 379 g/mol. The summed E-state index contributed by atoms with van der Waals surface area (Å²) in [7, 11) is 0. The van der Waals surface area contributed by atoms with Gasteiger partial charge in [-0.3, -0.25) is 9.38 Å². The van der Waals surface area contributed by atoms with Crippen molar-refractivity contribution in [1.29, 1.82) is 0 Å². The minimum absolute atomic E-state index is 0.809. The molecule has 0 fully saturated rings. The Labute approximate surface area is 147 Å². The molecule has 0 N–H and O–H groups in total. The highest BCUT2D eigenvalue weighted by molar-refractivity contribution is 9.10. The van der Waals surface area contributed by atoms with Crippen molar-refractivity contribution in [1.82, 2.24) is 24.3 Å². The molecule has 0 unspecified atom stereocenters. The molecule has 4 aromatic rings. The maximum absolute atomic E-state index is 4.83. The zero-order valence-electron chi connectivity index (χ0n) is 13.2. The summed E-state index contributed by atoms with van der Waals surface area (Å²) in [5, 5.41) is 0. The second-order valence-corrected chi connectivity index (χ2v) is 6.48. The second-order valence-electron chi connectivity index (χ2n) is 5.63. The number of hydrogen-bond donors (Lipinski definition) is 0. The van der Waals surface area contributed by atoms with Gasteiger partial charge in [0.05, 0.1) is 15.9 Å². The summed E-state index contributed by atoms with van der Waals surface area (Å²) in [6.45, 7) is 4.03. The maximum Gasteiger partial charge on any atom is 0.152 e. The Kier molecular flexibility index (Phi) is 3.61. The first-order valence-electron chi connectivity index (χ1n) is 7.52. The molecule has 0 saturated heterocycles. The van der Waals surface area contributed by atoms with Crippen LogP contribution in [0.3, 0.4) is 0 Å². The maximum atomic E-state index is 4.83. The molecular weight excluding hydrogens is 366 g/mol. The lowest BCUT2D eigenvalue weighted by molar-refractivity contribution is 1.11. The fraction of sp³-hybridized carbons (Fsp3) is 0.111. The molecule has 4 heterocycles. The number of halogens is 1. The van der Waals surface area contributed by atoms with Gasteiger partial charge >= 0.3 is 0 Å². The van der Waals surface area contributed by atoms with Crippen LogP contribution in [-0.2, 0) is 0 Å². The van der Waals surface area contributed by atoms with Crippen LogP contribution in [-0.4, -0.2) is 24.3 Å². The molecule has 24 heavy (non-hydrogen) atoms. The first kappa shape index (κ1) is 15.0. The molecule has 0 bridgehead atoms. The van der Waals surface area contributed by atoms with Crippen molar-refractivity contribution in [3.63, 3.8) is 0 Å². The van der Waals surface area contributed by atoms with Gasteiger partial charge in [-0.05, 0) is 59.6 Å². The molecule has 4 rings (SSSR count). The fourth-order valence-electron chi connectivity index (χ4n) is 2.76. The highest BCUT2D eigenvalue weighted by Gasteiger charge is 2.19. The number of aryl methyl sites for hydroxylation is 2. The van der Waals surface area contributed by atoms with Gasteiger partial charge in [0.15, 0.2) is 5.65 Å². The van der Waals surface area contributed by atoms with Gasteiger partial charge in [0.1, 0.15) is 17.7 Å². The number of nitrogens with zero attached hydrogens (tertiary/aromatic N) is 5. The van der Waals surface area contributed by atoms with E-state index >= 15 is 0 Å². The van der Waals surface area contributed by atoms with Crippen molar-refractivity contribution >= 4 is 21.6 Å². The van der Waals surface area contributed by atoms with E-state index in [2.05, 4.69) is 54.5 Å². The Balaban J connectivity index is 2.11. The van der Waals surface area contributed by atoms with E-state index < -0.39 is 0 Å². The second kappa shape index (κ2) is 5.79. The first-order valence-corrected chi connectivity index (χ1v) is 8.31. The van der Waals surface area contributed by atoms with Crippen molar-refractivity contribution in [2.75, 3.05) is 0 Å². The highest BCUT2D eigenvalue weighted by atomic mass is 79.9. The molecule has 0 spiro atoms. The normalized spacial score (nSPS) is 11.1. The number of rotatable bonds is 2. The van der Waals surface area contributed by atoms with E-state index in [1.807, 2.05) is 31.2 Å². The summed E-state index contributed by atoms with van der Waals surface area (Å²) < 4.78 is 3.00. The third kappa shape index (κ3) is 2.49. The van der Waals surface area contributed by atoms with Crippen molar-refractivity contribution < 1.29 is 0 Å². The zero-order valence-corrected chi connectivity index (χ0v) is 14.8. The summed E-state index contributed by atoms with van der Waals surface area (Å²) in [6, 6.07) is 9.88. The van der Waals surface area contributed by atoms with Gasteiger partial charge in [-0.2, -0.15) is 0 Å². The van der Waals surface area contributed by atoms with Crippen molar-refractivity contribution in [3.8, 4) is 22.8 Å². The number of fused-ring (bicyclic) bond motifs is 1. The Morgan fingerprint density at radius 1 is 1.04 bits per heavy atom. The summed E-state index contributed by atoms with van der Waals surface area (Å²) in [6.07, 6.45) is 5.34. The molecule has 0 aliphatic carbocycles. The minimum Gasteiger partial charge on any atom is -0.296 e. The quantitative estimate of drug-likeness (QED) is 0.522. The molecule has 0 aromatic carbocycles. The molecule has 0 saturated carbocycles. The number of hydrogen-bond acceptors (Lipinski definition) is 4. The summed E-state index contributed by atoms with van der Waals surface area (Å²) in [5.41, 5.74) is 6.29. The molecule has 6 heteroatoms. The van der Waals surface area contributed by atoms with Crippen LogP contribution >= 0.6 is 15.9 Å². The van der Waals surface area contributed by atoms with Crippen LogP contribution in [0.1, 0.15) is 11.3 Å². The van der Waals surface area contributed by atoms with Crippen LogP contribution in [0.25, 0.3) is 28.4 Å². The Morgan fingerprint density at radius 2 is 1.92 bits per heavy atom. The Morgan fingerprint density at radius 3 is 2.67 bits per heavy atom. The smallest absolute Gasteiger partial charge is 0.152 e. The molecular formula is C18H14BrN5. The van der Waals surface area contributed by atoms with Gasteiger partial charge in [0.25, 0.3) is 0 Å². The van der Waals surface area contributed by atoms with E-state index in [-0.39, 0.29) is 0 Å². The van der Waals surface area contributed by atoms with E-state index in [0.29, 0.717) is 0 Å². The van der Waals surface area contributed by atoms with Crippen LogP contribution in [0.5, 0.6) is 0 Å². The summed E-state index contributed by atoms with van der Waals surface area (Å²) in [5.74, 6) is 0. The summed E-state index contributed by atoms with van der Waals surface area (Å²) in [4.78, 5) is 17.9. The average Bonchev–Trinajstić information content (AvgIpc) is 2.95. The van der Waals surface area contributed by atoms with Gasteiger partial charge in [-0.1, -0.05) is 6.07 Å². The molecule has 0 aliphatic heterocycles. The topological polar surface area (TPSA) is 56.0 Å². The van der Waals surface area contributed by atoms with Gasteiger partial charge in [0, 0.05) is 18.1 Å². The largest absolute Gasteiger partial charge is 0.296 e. The van der Waals surface area contributed by atoms with E-state index in [4.69, 9.17) is 4.98 Å². The van der Waals surface area contributed by atoms with Crippen molar-refractivity contribution in [2.45, 2.75) is 13.8 Å². The average molecular weight is 380 g/mol. The third-order valence-electron chi connectivity index (χ3n) is 3.77. The molecule has 0 amide bonds. The lowest BCUT2D eigenvalue weighted by Gasteiger charge is -2.06. The SMILES string of the molecule is Cc1cc(Br)c2nc(-c3cccc(C)n3)c(-c3ccncn3)n2c1. The van der Waals surface area contributed by atoms with Crippen LogP contribution in [0, 0.1) is 13.8 Å². The first-order chi connectivity index (χ1) is 11.6. The number of pyridine rings is 2. The fourth-order valence-corrected chi connectivity index (χ4v) is 3.40. The lowest BCUT2D eigenvalue weighted by atomic mass is 10.1. The zero-order chi connectivity index (χ0) is 16.7. The summed E-state index contributed by atoms with van der Waals surface area (Å²) >= 11 is 3.62. The van der Waals surface area contributed by atoms with E-state index in [9.17, 15) is 0 Å². The number of aromatic nitrogens is 5. The molecule has 5 nitrogen and oxygen atoms in total. The molecule has 0 radical (unpaired) electrons. The lowest BCUT2D eigenvalue weighted by Crippen LogP contribution is -1.95. The van der Waals surface area contributed by atoms with E-state index in [1.165, 1.54) is 0 Å².